The molecule has 1 aliphatic heterocycles. The SMILES string of the molecule is CC(=O)N(Cc1ccc(NC(=O)C2CNCCO2)cc1)C1CC1. The van der Waals surface area contributed by atoms with Crippen LogP contribution in [-0.2, 0) is 20.9 Å². The van der Waals surface area contributed by atoms with Crippen molar-refractivity contribution in [2.45, 2.75) is 38.5 Å². The molecular formula is C17H23N3O3. The van der Waals surface area contributed by atoms with Gasteiger partial charge in [0, 0.05) is 38.3 Å². The van der Waals surface area contributed by atoms with Crippen molar-refractivity contribution in [3.05, 3.63) is 29.8 Å². The maximum absolute atomic E-state index is 12.1. The molecule has 1 heterocycles. The molecule has 2 aliphatic rings. The smallest absolute Gasteiger partial charge is 0.254 e. The molecule has 1 atom stereocenters. The zero-order valence-corrected chi connectivity index (χ0v) is 13.4. The van der Waals surface area contributed by atoms with Crippen LogP contribution < -0.4 is 10.6 Å². The quantitative estimate of drug-likeness (QED) is 0.854. The van der Waals surface area contributed by atoms with Crippen LogP contribution in [0.3, 0.4) is 0 Å². The lowest BCUT2D eigenvalue weighted by Gasteiger charge is -2.23. The van der Waals surface area contributed by atoms with Crippen molar-refractivity contribution >= 4 is 17.5 Å². The van der Waals surface area contributed by atoms with E-state index in [4.69, 9.17) is 4.74 Å². The first-order valence-corrected chi connectivity index (χ1v) is 8.13. The highest BCUT2D eigenvalue weighted by Gasteiger charge is 2.30. The van der Waals surface area contributed by atoms with Gasteiger partial charge in [-0.1, -0.05) is 12.1 Å². The average molecular weight is 317 g/mol. The van der Waals surface area contributed by atoms with Crippen LogP contribution in [0.5, 0.6) is 0 Å². The van der Waals surface area contributed by atoms with Crippen LogP contribution in [0.2, 0.25) is 0 Å². The zero-order chi connectivity index (χ0) is 16.2. The molecule has 1 aromatic carbocycles. The van der Waals surface area contributed by atoms with Gasteiger partial charge < -0.3 is 20.3 Å². The number of nitrogens with zero attached hydrogens (tertiary/aromatic N) is 1. The number of anilines is 1. The van der Waals surface area contributed by atoms with Gasteiger partial charge in [-0.2, -0.15) is 0 Å². The lowest BCUT2D eigenvalue weighted by molar-refractivity contribution is -0.130. The van der Waals surface area contributed by atoms with Crippen molar-refractivity contribution in [3.8, 4) is 0 Å². The first kappa shape index (κ1) is 16.0. The molecule has 1 saturated heterocycles. The third kappa shape index (κ3) is 4.30. The second-order valence-electron chi connectivity index (χ2n) is 6.13. The van der Waals surface area contributed by atoms with Gasteiger partial charge in [0.15, 0.2) is 0 Å². The number of hydrogen-bond acceptors (Lipinski definition) is 4. The minimum atomic E-state index is -0.438. The summed E-state index contributed by atoms with van der Waals surface area (Å²) in [4.78, 5) is 25.7. The summed E-state index contributed by atoms with van der Waals surface area (Å²) in [5, 5.41) is 6.00. The number of carbonyl (C=O) groups is 2. The molecule has 1 saturated carbocycles. The van der Waals surface area contributed by atoms with Gasteiger partial charge in [0.1, 0.15) is 6.10 Å². The molecule has 1 unspecified atom stereocenters. The summed E-state index contributed by atoms with van der Waals surface area (Å²) in [5.74, 6) is -0.0138. The second-order valence-corrected chi connectivity index (χ2v) is 6.13. The summed E-state index contributed by atoms with van der Waals surface area (Å²) in [5.41, 5.74) is 1.81. The van der Waals surface area contributed by atoms with Crippen LogP contribution in [0.4, 0.5) is 5.69 Å². The minimum Gasteiger partial charge on any atom is -0.366 e. The Hall–Kier alpha value is -1.92. The predicted molar refractivity (Wildman–Crippen MR) is 86.9 cm³/mol. The highest BCUT2D eigenvalue weighted by atomic mass is 16.5. The first-order valence-electron chi connectivity index (χ1n) is 8.13. The van der Waals surface area contributed by atoms with Crippen molar-refractivity contribution in [1.29, 1.82) is 0 Å². The fourth-order valence-electron chi connectivity index (χ4n) is 2.73. The maximum atomic E-state index is 12.1. The topological polar surface area (TPSA) is 70.7 Å². The van der Waals surface area contributed by atoms with E-state index in [0.717, 1.165) is 30.6 Å². The number of morpholine rings is 1. The molecule has 23 heavy (non-hydrogen) atoms. The van der Waals surface area contributed by atoms with Gasteiger partial charge in [-0.3, -0.25) is 9.59 Å². The molecule has 0 aromatic heterocycles. The predicted octanol–water partition coefficient (Wildman–Crippen LogP) is 1.12. The van der Waals surface area contributed by atoms with Gasteiger partial charge >= 0.3 is 0 Å². The van der Waals surface area contributed by atoms with E-state index < -0.39 is 6.10 Å². The fourth-order valence-corrected chi connectivity index (χ4v) is 2.73. The van der Waals surface area contributed by atoms with E-state index in [-0.39, 0.29) is 11.8 Å². The van der Waals surface area contributed by atoms with Crippen LogP contribution in [0.15, 0.2) is 24.3 Å². The summed E-state index contributed by atoms with van der Waals surface area (Å²) < 4.78 is 5.43. The number of nitrogens with one attached hydrogen (secondary N) is 2. The molecule has 1 aromatic rings. The lowest BCUT2D eigenvalue weighted by Crippen LogP contribution is -2.45. The number of benzene rings is 1. The summed E-state index contributed by atoms with van der Waals surface area (Å²) in [6, 6.07) is 8.05. The largest absolute Gasteiger partial charge is 0.366 e. The van der Waals surface area contributed by atoms with Gasteiger partial charge in [0.2, 0.25) is 5.91 Å². The number of rotatable bonds is 5. The number of carbonyl (C=O) groups excluding carboxylic acids is 2. The molecule has 6 heteroatoms. The average Bonchev–Trinajstić information content (AvgIpc) is 3.39. The molecule has 6 nitrogen and oxygen atoms in total. The van der Waals surface area contributed by atoms with Crippen molar-refractivity contribution in [3.63, 3.8) is 0 Å². The van der Waals surface area contributed by atoms with Crippen molar-refractivity contribution in [2.24, 2.45) is 0 Å². The fraction of sp³-hybridized carbons (Fsp3) is 0.529. The Morgan fingerprint density at radius 2 is 2.04 bits per heavy atom. The van der Waals surface area contributed by atoms with Gasteiger partial charge in [-0.05, 0) is 30.5 Å². The normalized spacial score (nSPS) is 20.8. The van der Waals surface area contributed by atoms with E-state index in [2.05, 4.69) is 10.6 Å². The molecular weight excluding hydrogens is 294 g/mol. The molecule has 2 N–H and O–H groups in total. The zero-order valence-electron chi connectivity index (χ0n) is 13.4. The number of ether oxygens (including phenoxy) is 1. The maximum Gasteiger partial charge on any atom is 0.254 e. The summed E-state index contributed by atoms with van der Waals surface area (Å²) >= 11 is 0. The Bertz CT molecular complexity index is 563. The van der Waals surface area contributed by atoms with Gasteiger partial charge in [0.05, 0.1) is 6.61 Å². The van der Waals surface area contributed by atoms with Crippen molar-refractivity contribution < 1.29 is 14.3 Å². The van der Waals surface area contributed by atoms with Crippen LogP contribution in [-0.4, -0.2) is 48.6 Å². The summed E-state index contributed by atoms with van der Waals surface area (Å²) in [6.07, 6.45) is 1.76. The van der Waals surface area contributed by atoms with Crippen molar-refractivity contribution in [2.75, 3.05) is 25.0 Å². The van der Waals surface area contributed by atoms with Crippen molar-refractivity contribution in [1.82, 2.24) is 10.2 Å². The van der Waals surface area contributed by atoms with E-state index in [9.17, 15) is 9.59 Å². The molecule has 2 amide bonds. The van der Waals surface area contributed by atoms with Crippen LogP contribution in [0.25, 0.3) is 0 Å². The summed E-state index contributed by atoms with van der Waals surface area (Å²) in [7, 11) is 0. The Labute approximate surface area is 136 Å². The minimum absolute atomic E-state index is 0.117. The van der Waals surface area contributed by atoms with E-state index in [1.165, 1.54) is 0 Å². The van der Waals surface area contributed by atoms with Gasteiger partial charge in [0.25, 0.3) is 5.91 Å². The second kappa shape index (κ2) is 7.10. The third-order valence-corrected chi connectivity index (χ3v) is 4.19. The Morgan fingerprint density at radius 3 is 2.61 bits per heavy atom. The van der Waals surface area contributed by atoms with Crippen LogP contribution in [0.1, 0.15) is 25.3 Å². The molecule has 2 fully saturated rings. The van der Waals surface area contributed by atoms with Gasteiger partial charge in [-0.25, -0.2) is 0 Å². The van der Waals surface area contributed by atoms with Crippen LogP contribution in [0, 0.1) is 0 Å². The van der Waals surface area contributed by atoms with E-state index in [1.54, 1.807) is 6.92 Å². The third-order valence-electron chi connectivity index (χ3n) is 4.19. The standard InChI is InChI=1S/C17H23N3O3/c1-12(21)20(15-6-7-15)11-13-2-4-14(5-3-13)19-17(22)16-10-18-8-9-23-16/h2-5,15-16,18H,6-11H2,1H3,(H,19,22). The molecule has 3 rings (SSSR count). The van der Waals surface area contributed by atoms with Gasteiger partial charge in [-0.15, -0.1) is 0 Å². The molecule has 124 valence electrons. The summed E-state index contributed by atoms with van der Waals surface area (Å²) in [6.45, 7) is 4.12. The molecule has 0 radical (unpaired) electrons. The Kier molecular flexibility index (Phi) is 4.93. The lowest BCUT2D eigenvalue weighted by atomic mass is 10.2. The highest BCUT2D eigenvalue weighted by molar-refractivity contribution is 5.94. The van der Waals surface area contributed by atoms with Crippen LogP contribution >= 0.6 is 0 Å². The molecule has 0 spiro atoms. The molecule has 0 bridgehead atoms. The Morgan fingerprint density at radius 1 is 1.30 bits per heavy atom. The highest BCUT2D eigenvalue weighted by Crippen LogP contribution is 2.28. The number of hydrogen-bond donors (Lipinski definition) is 2. The van der Waals surface area contributed by atoms with E-state index >= 15 is 0 Å². The van der Waals surface area contributed by atoms with E-state index in [0.29, 0.717) is 25.7 Å². The monoisotopic (exact) mass is 317 g/mol. The number of amides is 2. The first-order chi connectivity index (χ1) is 11.1. The Balaban J connectivity index is 1.56. The van der Waals surface area contributed by atoms with E-state index in [1.807, 2.05) is 29.2 Å². The molecule has 1 aliphatic carbocycles.